The van der Waals surface area contributed by atoms with Gasteiger partial charge in [0.1, 0.15) is 0 Å². The lowest BCUT2D eigenvalue weighted by Gasteiger charge is -2.32. The van der Waals surface area contributed by atoms with Gasteiger partial charge >= 0.3 is 0 Å². The molecule has 1 saturated carbocycles. The van der Waals surface area contributed by atoms with Crippen LogP contribution in [-0.2, 0) is 9.59 Å². The van der Waals surface area contributed by atoms with Gasteiger partial charge < -0.3 is 11.1 Å². The van der Waals surface area contributed by atoms with E-state index in [0.29, 0.717) is 5.92 Å². The fourth-order valence-electron chi connectivity index (χ4n) is 3.30. The van der Waals surface area contributed by atoms with Crippen LogP contribution in [0, 0.1) is 12.8 Å². The van der Waals surface area contributed by atoms with Gasteiger partial charge in [-0.1, -0.05) is 0 Å². The van der Waals surface area contributed by atoms with Crippen LogP contribution in [0.5, 0.6) is 0 Å². The minimum Gasteiger partial charge on any atom is -0.369 e. The Morgan fingerprint density at radius 3 is 2.95 bits per heavy atom. The SMILES string of the molecule is Cc1ccc([C@@H]2C[C@@H]2C(=O)N[C@@H]2CCCN(CC(N)=O)C2)s1. The van der Waals surface area contributed by atoms with E-state index in [1.165, 1.54) is 9.75 Å². The number of nitrogens with two attached hydrogens (primary N) is 1. The van der Waals surface area contributed by atoms with Crippen LogP contribution in [0.2, 0.25) is 0 Å². The van der Waals surface area contributed by atoms with Gasteiger partial charge in [-0.25, -0.2) is 0 Å². The van der Waals surface area contributed by atoms with Crippen molar-refractivity contribution >= 4 is 23.2 Å². The largest absolute Gasteiger partial charge is 0.369 e. The predicted octanol–water partition coefficient (Wildman–Crippen LogP) is 1.23. The van der Waals surface area contributed by atoms with Gasteiger partial charge in [0, 0.05) is 34.2 Å². The Balaban J connectivity index is 1.49. The zero-order chi connectivity index (χ0) is 15.7. The standard InChI is InChI=1S/C16H23N3O2S/c1-10-4-5-14(22-10)12-7-13(12)16(21)18-11-3-2-6-19(8-11)9-15(17)20/h4-5,11-13H,2-3,6-9H2,1H3,(H2,17,20)(H,18,21)/t11-,12-,13+/m1/s1. The van der Waals surface area contributed by atoms with Crippen molar-refractivity contribution in [1.82, 2.24) is 10.2 Å². The number of carbonyl (C=O) groups is 2. The average molecular weight is 321 g/mol. The van der Waals surface area contributed by atoms with Crippen LogP contribution in [0.3, 0.4) is 0 Å². The molecule has 2 amide bonds. The number of likely N-dealkylation sites (tertiary alicyclic amines) is 1. The zero-order valence-corrected chi connectivity index (χ0v) is 13.7. The fourth-order valence-corrected chi connectivity index (χ4v) is 4.35. The lowest BCUT2D eigenvalue weighted by molar-refractivity contribution is -0.123. The molecule has 5 nitrogen and oxygen atoms in total. The average Bonchev–Trinajstić information content (AvgIpc) is 3.14. The monoisotopic (exact) mass is 321 g/mol. The Hall–Kier alpha value is -1.40. The van der Waals surface area contributed by atoms with E-state index in [0.717, 1.165) is 32.4 Å². The Labute approximate surface area is 134 Å². The molecule has 3 N–H and O–H groups in total. The van der Waals surface area contributed by atoms with Crippen molar-refractivity contribution in [3.8, 4) is 0 Å². The van der Waals surface area contributed by atoms with Crippen LogP contribution in [0.15, 0.2) is 12.1 Å². The van der Waals surface area contributed by atoms with Crippen molar-refractivity contribution in [1.29, 1.82) is 0 Å². The molecule has 6 heteroatoms. The molecule has 1 aromatic rings. The molecule has 3 rings (SSSR count). The Morgan fingerprint density at radius 2 is 2.27 bits per heavy atom. The molecule has 2 aliphatic rings. The number of piperidine rings is 1. The number of nitrogens with one attached hydrogen (secondary N) is 1. The van der Waals surface area contributed by atoms with Crippen molar-refractivity contribution in [2.75, 3.05) is 19.6 Å². The number of hydrogen-bond donors (Lipinski definition) is 2. The van der Waals surface area contributed by atoms with Crippen molar-refractivity contribution < 1.29 is 9.59 Å². The summed E-state index contributed by atoms with van der Waals surface area (Å²) in [5.74, 6) is 0.401. The van der Waals surface area contributed by atoms with Crippen molar-refractivity contribution in [3.63, 3.8) is 0 Å². The Kier molecular flexibility index (Phi) is 4.49. The maximum absolute atomic E-state index is 12.4. The number of rotatable bonds is 5. The molecule has 2 fully saturated rings. The normalized spacial score (nSPS) is 28.3. The van der Waals surface area contributed by atoms with Gasteiger partial charge in [0.15, 0.2) is 0 Å². The third kappa shape index (κ3) is 3.67. The molecular weight excluding hydrogens is 298 g/mol. The first kappa shape index (κ1) is 15.5. The van der Waals surface area contributed by atoms with E-state index in [9.17, 15) is 9.59 Å². The van der Waals surface area contributed by atoms with Crippen LogP contribution < -0.4 is 11.1 Å². The highest BCUT2D eigenvalue weighted by Gasteiger charge is 2.45. The number of aryl methyl sites for hydroxylation is 1. The maximum atomic E-state index is 12.4. The quantitative estimate of drug-likeness (QED) is 0.856. The van der Waals surface area contributed by atoms with Gasteiger partial charge in [-0.15, -0.1) is 11.3 Å². The molecule has 2 heterocycles. The lowest BCUT2D eigenvalue weighted by Crippen LogP contribution is -2.50. The van der Waals surface area contributed by atoms with Gasteiger partial charge in [0.05, 0.1) is 6.54 Å². The fraction of sp³-hybridized carbons (Fsp3) is 0.625. The van der Waals surface area contributed by atoms with Crippen molar-refractivity contribution in [2.24, 2.45) is 11.7 Å². The minimum atomic E-state index is -0.303. The van der Waals surface area contributed by atoms with E-state index in [4.69, 9.17) is 5.73 Å². The van der Waals surface area contributed by atoms with E-state index in [2.05, 4.69) is 24.4 Å². The molecule has 0 unspecified atom stereocenters. The van der Waals surface area contributed by atoms with E-state index >= 15 is 0 Å². The van der Waals surface area contributed by atoms with Gasteiger partial charge in [0.2, 0.25) is 11.8 Å². The van der Waals surface area contributed by atoms with E-state index in [-0.39, 0.29) is 30.3 Å². The summed E-state index contributed by atoms with van der Waals surface area (Å²) in [5, 5.41) is 3.16. The third-order valence-electron chi connectivity index (χ3n) is 4.49. The number of hydrogen-bond acceptors (Lipinski definition) is 4. The summed E-state index contributed by atoms with van der Waals surface area (Å²) < 4.78 is 0. The highest BCUT2D eigenvalue weighted by atomic mass is 32.1. The highest BCUT2D eigenvalue weighted by molar-refractivity contribution is 7.12. The summed E-state index contributed by atoms with van der Waals surface area (Å²) >= 11 is 1.79. The molecule has 0 aromatic carbocycles. The molecule has 120 valence electrons. The molecule has 0 bridgehead atoms. The molecule has 0 radical (unpaired) electrons. The lowest BCUT2D eigenvalue weighted by atomic mass is 10.1. The highest BCUT2D eigenvalue weighted by Crippen LogP contribution is 2.49. The van der Waals surface area contributed by atoms with E-state index in [1.54, 1.807) is 11.3 Å². The second-order valence-electron chi connectivity index (χ2n) is 6.45. The van der Waals surface area contributed by atoms with Gasteiger partial charge in [-0.3, -0.25) is 14.5 Å². The van der Waals surface area contributed by atoms with Gasteiger partial charge in [-0.05, 0) is 44.9 Å². The van der Waals surface area contributed by atoms with Crippen LogP contribution in [-0.4, -0.2) is 42.4 Å². The number of thiophene rings is 1. The Bertz CT molecular complexity index is 571. The third-order valence-corrected chi connectivity index (χ3v) is 5.62. The molecule has 22 heavy (non-hydrogen) atoms. The summed E-state index contributed by atoms with van der Waals surface area (Å²) in [6.07, 6.45) is 2.94. The molecule has 1 aliphatic carbocycles. The first-order valence-corrected chi connectivity index (χ1v) is 8.72. The van der Waals surface area contributed by atoms with Gasteiger partial charge in [-0.2, -0.15) is 0 Å². The maximum Gasteiger partial charge on any atom is 0.231 e. The predicted molar refractivity (Wildman–Crippen MR) is 86.7 cm³/mol. The molecular formula is C16H23N3O2S. The minimum absolute atomic E-state index is 0.129. The van der Waals surface area contributed by atoms with Crippen LogP contribution in [0.25, 0.3) is 0 Å². The summed E-state index contributed by atoms with van der Waals surface area (Å²) in [4.78, 5) is 28.1. The number of amides is 2. The number of carbonyl (C=O) groups excluding carboxylic acids is 2. The summed E-state index contributed by atoms with van der Waals surface area (Å²) in [7, 11) is 0. The van der Waals surface area contributed by atoms with Crippen LogP contribution in [0.1, 0.15) is 34.9 Å². The first-order chi connectivity index (χ1) is 10.5. The summed E-state index contributed by atoms with van der Waals surface area (Å²) in [6.45, 7) is 3.99. The van der Waals surface area contributed by atoms with Crippen LogP contribution in [0.4, 0.5) is 0 Å². The molecule has 0 spiro atoms. The summed E-state index contributed by atoms with van der Waals surface area (Å²) in [5.41, 5.74) is 5.25. The summed E-state index contributed by atoms with van der Waals surface area (Å²) in [6, 6.07) is 4.41. The van der Waals surface area contributed by atoms with Crippen molar-refractivity contribution in [2.45, 2.75) is 38.1 Å². The smallest absolute Gasteiger partial charge is 0.231 e. The second-order valence-corrected chi connectivity index (χ2v) is 7.77. The Morgan fingerprint density at radius 1 is 1.45 bits per heavy atom. The topological polar surface area (TPSA) is 75.4 Å². The van der Waals surface area contributed by atoms with Gasteiger partial charge in [0.25, 0.3) is 0 Å². The second kappa shape index (κ2) is 6.38. The van der Waals surface area contributed by atoms with E-state index < -0.39 is 0 Å². The number of primary amides is 1. The van der Waals surface area contributed by atoms with E-state index in [1.807, 2.05) is 4.90 Å². The molecule has 1 aliphatic heterocycles. The van der Waals surface area contributed by atoms with Crippen molar-refractivity contribution in [3.05, 3.63) is 21.9 Å². The molecule has 1 aromatic heterocycles. The first-order valence-electron chi connectivity index (χ1n) is 7.90. The van der Waals surface area contributed by atoms with Crippen LogP contribution >= 0.6 is 11.3 Å². The number of nitrogens with zero attached hydrogens (tertiary/aromatic N) is 1. The molecule has 1 saturated heterocycles. The molecule has 3 atom stereocenters. The zero-order valence-electron chi connectivity index (χ0n) is 12.9.